The predicted octanol–water partition coefficient (Wildman–Crippen LogP) is 3.35. The van der Waals surface area contributed by atoms with E-state index in [9.17, 15) is 18.0 Å². The molecule has 0 atom stereocenters. The molecule has 4 rings (SSSR count). The first kappa shape index (κ1) is 17.6. The standard InChI is InChI=1S/C18H11F3N6O/c19-18(20,21)17(28)23-12-6-4-11(5-7-12)13-8-9-15-24-25-16(27(15)26-13)14-3-1-2-10-22-14/h1-10H,(H,23,28). The highest BCUT2D eigenvalue weighted by Crippen LogP contribution is 2.23. The monoisotopic (exact) mass is 384 g/mol. The van der Waals surface area contributed by atoms with Crippen LogP contribution < -0.4 is 5.32 Å². The number of hydrogen-bond donors (Lipinski definition) is 1. The normalized spacial score (nSPS) is 11.5. The highest BCUT2D eigenvalue weighted by molar-refractivity contribution is 5.95. The maximum absolute atomic E-state index is 12.3. The zero-order valence-corrected chi connectivity index (χ0v) is 14.1. The van der Waals surface area contributed by atoms with E-state index >= 15 is 0 Å². The van der Waals surface area contributed by atoms with E-state index in [1.165, 1.54) is 16.6 Å². The molecule has 1 amide bonds. The zero-order chi connectivity index (χ0) is 19.7. The smallest absolute Gasteiger partial charge is 0.318 e. The number of benzene rings is 1. The maximum atomic E-state index is 12.3. The third-order valence-corrected chi connectivity index (χ3v) is 3.85. The Morgan fingerprint density at radius 1 is 0.929 bits per heavy atom. The minimum atomic E-state index is -4.94. The number of amides is 1. The van der Waals surface area contributed by atoms with Gasteiger partial charge in [-0.05, 0) is 36.4 Å². The number of hydrogen-bond acceptors (Lipinski definition) is 5. The van der Waals surface area contributed by atoms with Crippen LogP contribution in [-0.2, 0) is 4.79 Å². The van der Waals surface area contributed by atoms with Gasteiger partial charge in [-0.2, -0.15) is 22.8 Å². The first-order valence-corrected chi connectivity index (χ1v) is 8.04. The van der Waals surface area contributed by atoms with Gasteiger partial charge in [-0.15, -0.1) is 10.2 Å². The number of halogens is 3. The Balaban J connectivity index is 1.65. The molecule has 0 radical (unpaired) electrons. The molecule has 1 aromatic carbocycles. The Morgan fingerprint density at radius 2 is 1.71 bits per heavy atom. The molecule has 28 heavy (non-hydrogen) atoms. The van der Waals surface area contributed by atoms with E-state index in [2.05, 4.69) is 20.3 Å². The van der Waals surface area contributed by atoms with Crippen LogP contribution in [0, 0.1) is 0 Å². The van der Waals surface area contributed by atoms with Gasteiger partial charge in [0.05, 0.1) is 5.69 Å². The van der Waals surface area contributed by atoms with E-state index in [1.54, 1.807) is 47.9 Å². The Labute approximate surface area is 155 Å². The molecule has 0 bridgehead atoms. The van der Waals surface area contributed by atoms with E-state index in [0.717, 1.165) is 0 Å². The minimum Gasteiger partial charge on any atom is -0.318 e. The van der Waals surface area contributed by atoms with Crippen LogP contribution in [0.3, 0.4) is 0 Å². The number of carbonyl (C=O) groups is 1. The molecular formula is C18H11F3N6O. The lowest BCUT2D eigenvalue weighted by molar-refractivity contribution is -0.167. The topological polar surface area (TPSA) is 85.1 Å². The molecule has 4 aromatic rings. The molecule has 3 heterocycles. The lowest BCUT2D eigenvalue weighted by Crippen LogP contribution is -2.29. The number of carbonyl (C=O) groups excluding carboxylic acids is 1. The average molecular weight is 384 g/mol. The van der Waals surface area contributed by atoms with Crippen molar-refractivity contribution in [2.24, 2.45) is 0 Å². The van der Waals surface area contributed by atoms with Crippen molar-refractivity contribution in [2.75, 3.05) is 5.32 Å². The van der Waals surface area contributed by atoms with Gasteiger partial charge < -0.3 is 5.32 Å². The molecule has 0 unspecified atom stereocenters. The van der Waals surface area contributed by atoms with Gasteiger partial charge >= 0.3 is 12.1 Å². The third-order valence-electron chi connectivity index (χ3n) is 3.85. The summed E-state index contributed by atoms with van der Waals surface area (Å²) in [6.45, 7) is 0. The van der Waals surface area contributed by atoms with Crippen molar-refractivity contribution in [3.63, 3.8) is 0 Å². The molecule has 0 saturated carbocycles. The summed E-state index contributed by atoms with van der Waals surface area (Å²) in [5.41, 5.74) is 2.36. The predicted molar refractivity (Wildman–Crippen MR) is 94.1 cm³/mol. The maximum Gasteiger partial charge on any atom is 0.471 e. The Hall–Kier alpha value is -3.82. The second-order valence-corrected chi connectivity index (χ2v) is 5.76. The van der Waals surface area contributed by atoms with E-state index in [-0.39, 0.29) is 5.69 Å². The molecule has 0 aliphatic rings. The molecule has 0 spiro atoms. The lowest BCUT2D eigenvalue weighted by atomic mass is 10.1. The molecular weight excluding hydrogens is 373 g/mol. The van der Waals surface area contributed by atoms with Crippen LogP contribution >= 0.6 is 0 Å². The fourth-order valence-electron chi connectivity index (χ4n) is 2.52. The first-order valence-electron chi connectivity index (χ1n) is 8.04. The Kier molecular flexibility index (Phi) is 4.22. The number of alkyl halides is 3. The van der Waals surface area contributed by atoms with Crippen LogP contribution in [0.1, 0.15) is 0 Å². The fraction of sp³-hybridized carbons (Fsp3) is 0.0556. The average Bonchev–Trinajstić information content (AvgIpc) is 3.12. The number of fused-ring (bicyclic) bond motifs is 1. The Morgan fingerprint density at radius 3 is 2.39 bits per heavy atom. The SMILES string of the molecule is O=C(Nc1ccc(-c2ccc3nnc(-c4ccccn4)n3n2)cc1)C(F)(F)F. The number of rotatable bonds is 3. The summed E-state index contributed by atoms with van der Waals surface area (Å²) in [6.07, 6.45) is -3.31. The summed E-state index contributed by atoms with van der Waals surface area (Å²) in [6, 6.07) is 14.7. The summed E-state index contributed by atoms with van der Waals surface area (Å²) in [4.78, 5) is 15.2. The molecule has 140 valence electrons. The van der Waals surface area contributed by atoms with Crippen LogP contribution in [0.25, 0.3) is 28.4 Å². The van der Waals surface area contributed by atoms with Crippen molar-refractivity contribution in [2.45, 2.75) is 6.18 Å². The van der Waals surface area contributed by atoms with Crippen molar-refractivity contribution in [1.29, 1.82) is 0 Å². The summed E-state index contributed by atoms with van der Waals surface area (Å²) in [5, 5.41) is 14.5. The molecule has 7 nitrogen and oxygen atoms in total. The summed E-state index contributed by atoms with van der Waals surface area (Å²) < 4.78 is 38.5. The highest BCUT2D eigenvalue weighted by Gasteiger charge is 2.38. The molecule has 10 heteroatoms. The number of pyridine rings is 1. The third kappa shape index (κ3) is 3.39. The van der Waals surface area contributed by atoms with Gasteiger partial charge in [-0.1, -0.05) is 18.2 Å². The molecule has 0 aliphatic carbocycles. The van der Waals surface area contributed by atoms with Crippen LogP contribution in [0.15, 0.2) is 60.8 Å². The summed E-state index contributed by atoms with van der Waals surface area (Å²) in [5.74, 6) is -1.56. The molecule has 0 saturated heterocycles. The largest absolute Gasteiger partial charge is 0.471 e. The van der Waals surface area contributed by atoms with Crippen LogP contribution in [-0.4, -0.2) is 36.9 Å². The summed E-state index contributed by atoms with van der Waals surface area (Å²) in [7, 11) is 0. The van der Waals surface area contributed by atoms with Gasteiger partial charge in [0.25, 0.3) is 0 Å². The van der Waals surface area contributed by atoms with Crippen molar-refractivity contribution in [3.05, 3.63) is 60.8 Å². The van der Waals surface area contributed by atoms with Gasteiger partial charge in [-0.3, -0.25) is 9.78 Å². The molecule has 0 aliphatic heterocycles. The van der Waals surface area contributed by atoms with Crippen molar-refractivity contribution < 1.29 is 18.0 Å². The number of nitrogens with one attached hydrogen (secondary N) is 1. The van der Waals surface area contributed by atoms with E-state index in [0.29, 0.717) is 28.4 Å². The second-order valence-electron chi connectivity index (χ2n) is 5.76. The fourth-order valence-corrected chi connectivity index (χ4v) is 2.52. The van der Waals surface area contributed by atoms with E-state index < -0.39 is 12.1 Å². The minimum absolute atomic E-state index is 0.0330. The van der Waals surface area contributed by atoms with Gasteiger partial charge in [0.1, 0.15) is 5.69 Å². The van der Waals surface area contributed by atoms with Gasteiger partial charge in [0.2, 0.25) is 5.82 Å². The number of aromatic nitrogens is 5. The molecule has 3 aromatic heterocycles. The summed E-state index contributed by atoms with van der Waals surface area (Å²) >= 11 is 0. The Bertz CT molecular complexity index is 1140. The second kappa shape index (κ2) is 6.72. The highest BCUT2D eigenvalue weighted by atomic mass is 19.4. The number of anilines is 1. The molecule has 0 fully saturated rings. The van der Waals surface area contributed by atoms with Gasteiger partial charge in [0, 0.05) is 17.4 Å². The van der Waals surface area contributed by atoms with Crippen molar-refractivity contribution in [3.8, 4) is 22.8 Å². The van der Waals surface area contributed by atoms with E-state index in [4.69, 9.17) is 0 Å². The zero-order valence-electron chi connectivity index (χ0n) is 14.1. The van der Waals surface area contributed by atoms with Crippen molar-refractivity contribution >= 4 is 17.2 Å². The van der Waals surface area contributed by atoms with Gasteiger partial charge in [-0.25, -0.2) is 0 Å². The number of nitrogens with zero attached hydrogens (tertiary/aromatic N) is 5. The lowest BCUT2D eigenvalue weighted by Gasteiger charge is -2.08. The first-order chi connectivity index (χ1) is 13.4. The van der Waals surface area contributed by atoms with Crippen molar-refractivity contribution in [1.82, 2.24) is 24.8 Å². The van der Waals surface area contributed by atoms with E-state index in [1.807, 2.05) is 6.07 Å². The van der Waals surface area contributed by atoms with Crippen LogP contribution in [0.5, 0.6) is 0 Å². The van der Waals surface area contributed by atoms with Gasteiger partial charge in [0.15, 0.2) is 5.65 Å². The quantitative estimate of drug-likeness (QED) is 0.586. The van der Waals surface area contributed by atoms with Crippen LogP contribution in [0.4, 0.5) is 18.9 Å². The van der Waals surface area contributed by atoms with Crippen LogP contribution in [0.2, 0.25) is 0 Å². The molecule has 1 N–H and O–H groups in total.